The van der Waals surface area contributed by atoms with Crippen LogP contribution in [0.2, 0.25) is 0 Å². The Morgan fingerprint density at radius 2 is 0.451 bits per heavy atom. The third kappa shape index (κ3) is 76.3. The number of rotatable bonds is 81. The molecule has 0 amide bonds. The number of hydrogen-bond acceptors (Lipinski definition) is 15. The normalized spacial score (nSPS) is 13.9. The standard InChI is InChI=1S/C83H162O17P2/c1-8-9-10-11-12-13-14-15-16-17-18-19-20-21-22-23-28-31-37-44-52-59-66-82(87)99-78(70-93-80(85)64-57-50-43-36-30-27-25-24-26-29-34-40-47-54-61-74(2)3)72-97-101(89,90)95-68-77(84)69-96-102(91,92)98-73-79(71-94-81(86)65-58-51-46-39-42-49-56-63-76(6)7)100-83(88)67-60-53-45-38-33-32-35-41-48-55-62-75(4)5/h74-79,84H,8-73H2,1-7H3,(H,89,90)(H,91,92)/t77-,78-,79-/m1/s1. The summed E-state index contributed by atoms with van der Waals surface area (Å²) in [5, 5.41) is 10.6. The van der Waals surface area contributed by atoms with Crippen LogP contribution in [0.5, 0.6) is 0 Å². The van der Waals surface area contributed by atoms with Crippen molar-refractivity contribution in [3.63, 3.8) is 0 Å². The molecule has 102 heavy (non-hydrogen) atoms. The molecule has 2 unspecified atom stereocenters. The summed E-state index contributed by atoms with van der Waals surface area (Å²) >= 11 is 0. The Labute approximate surface area is 626 Å². The van der Waals surface area contributed by atoms with E-state index in [1.165, 1.54) is 238 Å². The van der Waals surface area contributed by atoms with Crippen LogP contribution in [-0.2, 0) is 65.4 Å². The summed E-state index contributed by atoms with van der Waals surface area (Å²) in [5.41, 5.74) is 0. The molecule has 17 nitrogen and oxygen atoms in total. The van der Waals surface area contributed by atoms with Crippen molar-refractivity contribution in [1.29, 1.82) is 0 Å². The molecule has 0 aliphatic heterocycles. The van der Waals surface area contributed by atoms with E-state index in [0.29, 0.717) is 31.6 Å². The highest BCUT2D eigenvalue weighted by atomic mass is 31.2. The fourth-order valence-electron chi connectivity index (χ4n) is 12.8. The Kier molecular flexibility index (Phi) is 71.8. The number of phosphoric acid groups is 2. The molecule has 0 aliphatic rings. The van der Waals surface area contributed by atoms with Gasteiger partial charge in [0.1, 0.15) is 19.3 Å². The van der Waals surface area contributed by atoms with Gasteiger partial charge in [-0.1, -0.05) is 382 Å². The van der Waals surface area contributed by atoms with Crippen LogP contribution in [0.4, 0.5) is 0 Å². The van der Waals surface area contributed by atoms with Crippen molar-refractivity contribution in [3.05, 3.63) is 0 Å². The number of hydrogen-bond donors (Lipinski definition) is 3. The molecular weight excluding hydrogens is 1330 g/mol. The number of aliphatic hydroxyl groups excluding tert-OH is 1. The summed E-state index contributed by atoms with van der Waals surface area (Å²) in [5.74, 6) is 0.145. The SMILES string of the molecule is CCCCCCCCCCCCCCCCCCCCCCCCC(=O)O[C@H](COC(=O)CCCCCCCCCCCCCCCCC(C)C)COP(=O)(O)OC[C@@H](O)COP(=O)(O)OC[C@@H](COC(=O)CCCCCCCCCC(C)C)OC(=O)CCCCCCCCCCCCC(C)C. The monoisotopic (exact) mass is 1490 g/mol. The Morgan fingerprint density at radius 1 is 0.265 bits per heavy atom. The van der Waals surface area contributed by atoms with Gasteiger partial charge in [-0.3, -0.25) is 37.3 Å². The molecule has 0 rings (SSSR count). The Hall–Kier alpha value is -1.94. The van der Waals surface area contributed by atoms with Gasteiger partial charge in [-0.25, -0.2) is 9.13 Å². The van der Waals surface area contributed by atoms with E-state index in [4.69, 9.17) is 37.0 Å². The second-order valence-electron chi connectivity index (χ2n) is 31.3. The Bertz CT molecular complexity index is 1970. The van der Waals surface area contributed by atoms with E-state index in [2.05, 4.69) is 48.5 Å². The summed E-state index contributed by atoms with van der Waals surface area (Å²) in [6.45, 7) is 11.9. The fraction of sp³-hybridized carbons (Fsp3) is 0.952. The number of carbonyl (C=O) groups excluding carboxylic acids is 4. The molecule has 0 aromatic rings. The number of phosphoric ester groups is 2. The highest BCUT2D eigenvalue weighted by Crippen LogP contribution is 2.45. The predicted molar refractivity (Wildman–Crippen MR) is 418 cm³/mol. The maximum atomic E-state index is 13.1. The molecule has 0 heterocycles. The van der Waals surface area contributed by atoms with Gasteiger partial charge in [-0.05, 0) is 43.4 Å². The van der Waals surface area contributed by atoms with Gasteiger partial charge in [0.2, 0.25) is 0 Å². The third-order valence-corrected chi connectivity index (χ3v) is 21.3. The summed E-state index contributed by atoms with van der Waals surface area (Å²) in [4.78, 5) is 73.1. The van der Waals surface area contributed by atoms with Crippen molar-refractivity contribution in [2.75, 3.05) is 39.6 Å². The van der Waals surface area contributed by atoms with Crippen LogP contribution in [0.15, 0.2) is 0 Å². The molecule has 0 radical (unpaired) electrons. The molecule has 0 fully saturated rings. The van der Waals surface area contributed by atoms with Crippen LogP contribution < -0.4 is 0 Å². The average molecular weight is 1490 g/mol. The van der Waals surface area contributed by atoms with E-state index in [1.54, 1.807) is 0 Å². The van der Waals surface area contributed by atoms with Crippen LogP contribution in [-0.4, -0.2) is 96.7 Å². The molecule has 3 N–H and O–H groups in total. The van der Waals surface area contributed by atoms with Crippen molar-refractivity contribution in [1.82, 2.24) is 0 Å². The predicted octanol–water partition coefficient (Wildman–Crippen LogP) is 24.9. The minimum Gasteiger partial charge on any atom is -0.462 e. The molecule has 5 atom stereocenters. The highest BCUT2D eigenvalue weighted by molar-refractivity contribution is 7.47. The van der Waals surface area contributed by atoms with E-state index in [9.17, 15) is 43.2 Å². The first-order chi connectivity index (χ1) is 49.2. The smallest absolute Gasteiger partial charge is 0.462 e. The van der Waals surface area contributed by atoms with Crippen molar-refractivity contribution in [2.24, 2.45) is 17.8 Å². The van der Waals surface area contributed by atoms with Gasteiger partial charge in [0.05, 0.1) is 26.4 Å². The van der Waals surface area contributed by atoms with E-state index in [0.717, 1.165) is 108 Å². The van der Waals surface area contributed by atoms with Gasteiger partial charge in [0.15, 0.2) is 12.2 Å². The molecule has 0 spiro atoms. The fourth-order valence-corrected chi connectivity index (χ4v) is 14.4. The second kappa shape index (κ2) is 73.2. The molecule has 19 heteroatoms. The lowest BCUT2D eigenvalue weighted by atomic mass is 10.0. The van der Waals surface area contributed by atoms with Gasteiger partial charge in [-0.2, -0.15) is 0 Å². The van der Waals surface area contributed by atoms with Crippen molar-refractivity contribution >= 4 is 39.5 Å². The molecule has 606 valence electrons. The number of ether oxygens (including phenoxy) is 4. The topological polar surface area (TPSA) is 237 Å². The van der Waals surface area contributed by atoms with Crippen LogP contribution >= 0.6 is 15.6 Å². The van der Waals surface area contributed by atoms with E-state index >= 15 is 0 Å². The maximum absolute atomic E-state index is 13.1. The van der Waals surface area contributed by atoms with Crippen LogP contribution in [0.1, 0.15) is 434 Å². The van der Waals surface area contributed by atoms with Crippen molar-refractivity contribution < 1.29 is 80.2 Å². The van der Waals surface area contributed by atoms with Crippen molar-refractivity contribution in [3.8, 4) is 0 Å². The number of unbranched alkanes of at least 4 members (excludes halogenated alkanes) is 49. The first-order valence-corrected chi connectivity index (χ1v) is 45.8. The van der Waals surface area contributed by atoms with Crippen LogP contribution in [0, 0.1) is 17.8 Å². The summed E-state index contributed by atoms with van der Waals surface area (Å²) in [7, 11) is -9.92. The molecule has 0 saturated carbocycles. The van der Waals surface area contributed by atoms with Crippen LogP contribution in [0.25, 0.3) is 0 Å². The zero-order valence-electron chi connectivity index (χ0n) is 67.1. The minimum atomic E-state index is -4.96. The summed E-state index contributed by atoms with van der Waals surface area (Å²) < 4.78 is 68.7. The Balaban J connectivity index is 5.21. The molecule has 0 bridgehead atoms. The van der Waals surface area contributed by atoms with Crippen molar-refractivity contribution in [2.45, 2.75) is 452 Å². The highest BCUT2D eigenvalue weighted by Gasteiger charge is 2.30. The second-order valence-corrected chi connectivity index (χ2v) is 34.2. The van der Waals surface area contributed by atoms with E-state index < -0.39 is 97.5 Å². The molecule has 0 aromatic heterocycles. The van der Waals surface area contributed by atoms with Gasteiger partial charge in [-0.15, -0.1) is 0 Å². The Morgan fingerprint density at radius 3 is 0.667 bits per heavy atom. The lowest BCUT2D eigenvalue weighted by Gasteiger charge is -2.21. The molecule has 0 saturated heterocycles. The van der Waals surface area contributed by atoms with Gasteiger partial charge >= 0.3 is 39.5 Å². The first-order valence-electron chi connectivity index (χ1n) is 42.8. The average Bonchev–Trinajstić information content (AvgIpc) is 0.912. The van der Waals surface area contributed by atoms with Gasteiger partial charge < -0.3 is 33.8 Å². The quantitative estimate of drug-likeness (QED) is 0.0222. The lowest BCUT2D eigenvalue weighted by molar-refractivity contribution is -0.161. The van der Waals surface area contributed by atoms with Crippen LogP contribution in [0.3, 0.4) is 0 Å². The van der Waals surface area contributed by atoms with E-state index in [-0.39, 0.29) is 25.7 Å². The third-order valence-electron chi connectivity index (χ3n) is 19.4. The molecule has 0 aromatic carbocycles. The van der Waals surface area contributed by atoms with Gasteiger partial charge in [0, 0.05) is 25.7 Å². The minimum absolute atomic E-state index is 0.105. The summed E-state index contributed by atoms with van der Waals surface area (Å²) in [6, 6.07) is 0. The number of aliphatic hydroxyl groups is 1. The first kappa shape index (κ1) is 100. The summed E-state index contributed by atoms with van der Waals surface area (Å²) in [6.07, 6.45) is 62.7. The maximum Gasteiger partial charge on any atom is 0.472 e. The molecule has 0 aliphatic carbocycles. The zero-order valence-corrected chi connectivity index (χ0v) is 68.9. The number of esters is 4. The number of carbonyl (C=O) groups is 4. The molecular formula is C83H162O17P2. The largest absolute Gasteiger partial charge is 0.472 e. The van der Waals surface area contributed by atoms with Gasteiger partial charge in [0.25, 0.3) is 0 Å². The zero-order chi connectivity index (χ0) is 75.1. The van der Waals surface area contributed by atoms with E-state index in [1.807, 2.05) is 0 Å². The lowest BCUT2D eigenvalue weighted by Crippen LogP contribution is -2.30.